The van der Waals surface area contributed by atoms with E-state index in [-0.39, 0.29) is 35.5 Å². The molecule has 1 atom stereocenters. The van der Waals surface area contributed by atoms with Gasteiger partial charge in [-0.25, -0.2) is 0 Å². The lowest BCUT2D eigenvalue weighted by Gasteiger charge is -2.25. The smallest absolute Gasteiger partial charge is 0.422 e. The molecule has 2 aliphatic rings. The third-order valence-corrected chi connectivity index (χ3v) is 5.63. The number of pyridine rings is 1. The maximum absolute atomic E-state index is 13.0. The van der Waals surface area contributed by atoms with Crippen LogP contribution in [0.15, 0.2) is 16.8 Å². The zero-order chi connectivity index (χ0) is 20.8. The van der Waals surface area contributed by atoms with Crippen LogP contribution in [0.2, 0.25) is 0 Å². The van der Waals surface area contributed by atoms with E-state index in [1.54, 1.807) is 6.92 Å². The molecule has 0 amide bonds. The van der Waals surface area contributed by atoms with Gasteiger partial charge in [0.1, 0.15) is 11.4 Å². The summed E-state index contributed by atoms with van der Waals surface area (Å²) in [5, 5.41) is 4.01. The van der Waals surface area contributed by atoms with Gasteiger partial charge in [-0.1, -0.05) is 12.1 Å². The molecule has 0 N–H and O–H groups in total. The van der Waals surface area contributed by atoms with E-state index >= 15 is 0 Å². The zero-order valence-electron chi connectivity index (χ0n) is 16.3. The molecular weight excluding hydrogens is 387 g/mol. The van der Waals surface area contributed by atoms with E-state index in [1.807, 2.05) is 6.92 Å². The average Bonchev–Trinajstić information content (AvgIpc) is 3.57. The van der Waals surface area contributed by atoms with Gasteiger partial charge in [0.2, 0.25) is 5.89 Å². The first-order chi connectivity index (χ1) is 13.7. The van der Waals surface area contributed by atoms with Crippen LogP contribution in [-0.2, 0) is 5.41 Å². The zero-order valence-corrected chi connectivity index (χ0v) is 16.3. The van der Waals surface area contributed by atoms with Crippen LogP contribution >= 0.6 is 0 Å². The van der Waals surface area contributed by atoms with Crippen LogP contribution in [0, 0.1) is 12.8 Å². The number of hydrogen-bond donors (Lipinski definition) is 0. The van der Waals surface area contributed by atoms with Gasteiger partial charge >= 0.3 is 6.18 Å². The number of Topliss-reactive ketones (excluding diaryl/α,β-unsaturated/α-hetero) is 1. The third-order valence-electron chi connectivity index (χ3n) is 5.63. The van der Waals surface area contributed by atoms with Crippen LogP contribution in [0.1, 0.15) is 72.7 Å². The highest BCUT2D eigenvalue weighted by Gasteiger charge is 2.47. The van der Waals surface area contributed by atoms with Crippen LogP contribution in [0.25, 0.3) is 0 Å². The number of ether oxygens (including phenoxy) is 1. The molecule has 2 aromatic heterocycles. The molecule has 0 aliphatic heterocycles. The fourth-order valence-corrected chi connectivity index (χ4v) is 3.67. The molecule has 1 unspecified atom stereocenters. The van der Waals surface area contributed by atoms with Crippen molar-refractivity contribution in [3.63, 3.8) is 0 Å². The highest BCUT2D eigenvalue weighted by Crippen LogP contribution is 2.49. The minimum Gasteiger partial charge on any atom is -0.484 e. The Morgan fingerprint density at radius 1 is 1.28 bits per heavy atom. The fraction of sp³-hybridized carbons (Fsp3) is 0.600. The number of hydrogen-bond acceptors (Lipinski definition) is 6. The van der Waals surface area contributed by atoms with Crippen molar-refractivity contribution in [3.8, 4) is 5.75 Å². The van der Waals surface area contributed by atoms with E-state index < -0.39 is 18.2 Å². The summed E-state index contributed by atoms with van der Waals surface area (Å²) >= 11 is 0. The van der Waals surface area contributed by atoms with Gasteiger partial charge in [-0.3, -0.25) is 9.78 Å². The Morgan fingerprint density at radius 2 is 2.00 bits per heavy atom. The van der Waals surface area contributed by atoms with Crippen molar-refractivity contribution in [1.82, 2.24) is 15.1 Å². The molecule has 0 spiro atoms. The first-order valence-electron chi connectivity index (χ1n) is 9.69. The molecule has 2 aliphatic carbocycles. The second-order valence-electron chi connectivity index (χ2n) is 8.21. The lowest BCUT2D eigenvalue weighted by molar-refractivity contribution is -0.153. The predicted molar refractivity (Wildman–Crippen MR) is 95.8 cm³/mol. The minimum atomic E-state index is -4.45. The maximum atomic E-state index is 13.0. The SMILES string of the molecule is Cc1nc(C(C)(CC(=O)c2cc(OCC(F)(F)F)c(C3CC3)cn2)C2CC2)no1. The second-order valence-corrected chi connectivity index (χ2v) is 8.21. The van der Waals surface area contributed by atoms with Crippen LogP contribution in [0.4, 0.5) is 13.2 Å². The monoisotopic (exact) mass is 409 g/mol. The minimum absolute atomic E-state index is 0.0895. The van der Waals surface area contributed by atoms with E-state index in [4.69, 9.17) is 9.26 Å². The molecule has 2 saturated carbocycles. The number of carbonyl (C=O) groups is 1. The van der Waals surface area contributed by atoms with Gasteiger partial charge in [0, 0.05) is 36.6 Å². The number of alkyl halides is 3. The Morgan fingerprint density at radius 3 is 2.55 bits per heavy atom. The Labute approximate surface area is 165 Å². The highest BCUT2D eigenvalue weighted by atomic mass is 19.4. The first kappa shape index (κ1) is 19.8. The molecule has 4 rings (SSSR count). The van der Waals surface area contributed by atoms with Crippen molar-refractivity contribution in [2.24, 2.45) is 5.92 Å². The van der Waals surface area contributed by atoms with Gasteiger partial charge < -0.3 is 9.26 Å². The summed E-state index contributed by atoms with van der Waals surface area (Å²) in [5.74, 6) is 1.12. The summed E-state index contributed by atoms with van der Waals surface area (Å²) in [4.78, 5) is 21.5. The largest absolute Gasteiger partial charge is 0.484 e. The van der Waals surface area contributed by atoms with Gasteiger partial charge in [0.15, 0.2) is 18.2 Å². The van der Waals surface area contributed by atoms with Crippen molar-refractivity contribution in [1.29, 1.82) is 0 Å². The number of aromatic nitrogens is 3. The Balaban J connectivity index is 1.57. The normalized spacial score (nSPS) is 19.1. The molecule has 0 bridgehead atoms. The molecule has 6 nitrogen and oxygen atoms in total. The summed E-state index contributed by atoms with van der Waals surface area (Å²) in [6, 6.07) is 1.34. The lowest BCUT2D eigenvalue weighted by atomic mass is 9.78. The number of ketones is 1. The molecule has 9 heteroatoms. The van der Waals surface area contributed by atoms with E-state index in [2.05, 4.69) is 15.1 Å². The van der Waals surface area contributed by atoms with Gasteiger partial charge in [0.25, 0.3) is 0 Å². The van der Waals surface area contributed by atoms with Crippen LogP contribution in [0.5, 0.6) is 5.75 Å². The maximum Gasteiger partial charge on any atom is 0.422 e. The third kappa shape index (κ3) is 4.43. The quantitative estimate of drug-likeness (QED) is 0.596. The lowest BCUT2D eigenvalue weighted by Crippen LogP contribution is -2.30. The molecule has 2 heterocycles. The predicted octanol–water partition coefficient (Wildman–Crippen LogP) is 4.53. The number of nitrogens with zero attached hydrogens (tertiary/aromatic N) is 3. The standard InChI is InChI=1S/C20H22F3N3O3/c1-11-25-18(26-29-11)19(2,13-5-6-13)8-16(27)15-7-17(28-10-20(21,22)23)14(9-24-15)12-3-4-12/h7,9,12-13H,3-6,8,10H2,1-2H3. The van der Waals surface area contributed by atoms with Crippen molar-refractivity contribution < 1.29 is 27.2 Å². The summed E-state index contributed by atoms with van der Waals surface area (Å²) in [5.41, 5.74) is 0.127. The molecule has 0 saturated heterocycles. The highest BCUT2D eigenvalue weighted by molar-refractivity contribution is 5.95. The number of carbonyl (C=O) groups excluding carboxylic acids is 1. The summed E-state index contributed by atoms with van der Waals surface area (Å²) < 4.78 is 48.0. The Bertz CT molecular complexity index is 919. The Kier molecular flexibility index (Phi) is 4.86. The average molecular weight is 409 g/mol. The van der Waals surface area contributed by atoms with Crippen LogP contribution in [-0.4, -0.2) is 33.7 Å². The van der Waals surface area contributed by atoms with Gasteiger partial charge in [-0.05, 0) is 37.5 Å². The molecule has 0 radical (unpaired) electrons. The van der Waals surface area contributed by atoms with E-state index in [1.165, 1.54) is 12.3 Å². The summed E-state index contributed by atoms with van der Waals surface area (Å²) in [6.45, 7) is 2.22. The number of halogens is 3. The van der Waals surface area contributed by atoms with Gasteiger partial charge in [0.05, 0.1) is 0 Å². The number of rotatable bonds is 8. The van der Waals surface area contributed by atoms with Gasteiger partial charge in [-0.2, -0.15) is 18.2 Å². The van der Waals surface area contributed by atoms with E-state index in [0.717, 1.165) is 25.7 Å². The molecule has 2 fully saturated rings. The fourth-order valence-electron chi connectivity index (χ4n) is 3.67. The molecule has 2 aromatic rings. The summed E-state index contributed by atoms with van der Waals surface area (Å²) in [6.07, 6.45) is 0.823. The molecule has 0 aromatic carbocycles. The molecular formula is C20H22F3N3O3. The van der Waals surface area contributed by atoms with Crippen LogP contribution in [0.3, 0.4) is 0 Å². The van der Waals surface area contributed by atoms with Gasteiger partial charge in [-0.15, -0.1) is 0 Å². The number of aryl methyl sites for hydroxylation is 1. The molecule has 29 heavy (non-hydrogen) atoms. The molecule has 156 valence electrons. The van der Waals surface area contributed by atoms with E-state index in [9.17, 15) is 18.0 Å². The second kappa shape index (κ2) is 7.11. The summed E-state index contributed by atoms with van der Waals surface area (Å²) in [7, 11) is 0. The van der Waals surface area contributed by atoms with Crippen molar-refractivity contribution >= 4 is 5.78 Å². The van der Waals surface area contributed by atoms with Crippen molar-refractivity contribution in [2.75, 3.05) is 6.61 Å². The van der Waals surface area contributed by atoms with Crippen LogP contribution < -0.4 is 4.74 Å². The van der Waals surface area contributed by atoms with Crippen molar-refractivity contribution in [2.45, 2.75) is 63.5 Å². The van der Waals surface area contributed by atoms with Crippen molar-refractivity contribution in [3.05, 3.63) is 35.2 Å². The Hall–Kier alpha value is -2.45. The van der Waals surface area contributed by atoms with E-state index in [0.29, 0.717) is 17.3 Å². The topological polar surface area (TPSA) is 78.1 Å². The first-order valence-corrected chi connectivity index (χ1v) is 9.69.